The molecule has 0 saturated carbocycles. The molecule has 4 nitrogen and oxygen atoms in total. The van der Waals surface area contributed by atoms with Gasteiger partial charge >= 0.3 is 0 Å². The van der Waals surface area contributed by atoms with Crippen molar-refractivity contribution in [2.24, 2.45) is 5.92 Å². The van der Waals surface area contributed by atoms with Crippen LogP contribution in [0.25, 0.3) is 0 Å². The summed E-state index contributed by atoms with van der Waals surface area (Å²) in [6, 6.07) is 3.02. The highest BCUT2D eigenvalue weighted by Crippen LogP contribution is 2.29. The second-order valence-corrected chi connectivity index (χ2v) is 5.48. The van der Waals surface area contributed by atoms with Crippen LogP contribution in [0.3, 0.4) is 0 Å². The minimum absolute atomic E-state index is 0.0797. The lowest BCUT2D eigenvalue weighted by Crippen LogP contribution is -2.35. The molecule has 0 bridgehead atoms. The van der Waals surface area contributed by atoms with Crippen molar-refractivity contribution in [1.29, 1.82) is 0 Å². The van der Waals surface area contributed by atoms with Gasteiger partial charge in [0.05, 0.1) is 12.6 Å². The van der Waals surface area contributed by atoms with Gasteiger partial charge in [-0.2, -0.15) is 0 Å². The Balaban J connectivity index is 2.32. The molecule has 1 amide bonds. The normalized spacial score (nSPS) is 22.4. The lowest BCUT2D eigenvalue weighted by Gasteiger charge is -2.24. The maximum Gasteiger partial charge on any atom is 0.241 e. The number of methoxy groups -OCH3 is 1. The van der Waals surface area contributed by atoms with Crippen molar-refractivity contribution in [3.63, 3.8) is 0 Å². The Bertz CT molecular complexity index is 522. The molecule has 0 aliphatic carbocycles. The van der Waals surface area contributed by atoms with Crippen LogP contribution >= 0.6 is 0 Å². The molecule has 1 N–H and O–H groups in total. The molecule has 1 aromatic carbocycles. The van der Waals surface area contributed by atoms with Gasteiger partial charge in [-0.1, -0.05) is 13.8 Å². The summed E-state index contributed by atoms with van der Waals surface area (Å²) in [4.78, 5) is 14.0. The van der Waals surface area contributed by atoms with Crippen LogP contribution in [-0.4, -0.2) is 37.1 Å². The highest BCUT2D eigenvalue weighted by atomic mass is 19.1. The largest absolute Gasteiger partial charge is 0.383 e. The van der Waals surface area contributed by atoms with Crippen LogP contribution < -0.4 is 5.32 Å². The van der Waals surface area contributed by atoms with E-state index in [-0.39, 0.29) is 23.4 Å². The fourth-order valence-electron chi connectivity index (χ4n) is 2.52. The van der Waals surface area contributed by atoms with E-state index in [1.54, 1.807) is 12.0 Å². The predicted octanol–water partition coefficient (Wildman–Crippen LogP) is 2.07. The van der Waals surface area contributed by atoms with Crippen molar-refractivity contribution < 1.29 is 18.3 Å². The van der Waals surface area contributed by atoms with Crippen molar-refractivity contribution >= 4 is 5.91 Å². The molecule has 1 fully saturated rings. The zero-order valence-corrected chi connectivity index (χ0v) is 12.4. The molecule has 2 rings (SSSR count). The Kier molecular flexibility index (Phi) is 4.90. The number of ether oxygens (including phenoxy) is 1. The number of hydrogen-bond acceptors (Lipinski definition) is 3. The van der Waals surface area contributed by atoms with Crippen molar-refractivity contribution in [3.05, 3.63) is 35.4 Å². The Labute approximate surface area is 123 Å². The van der Waals surface area contributed by atoms with Crippen molar-refractivity contribution in [2.75, 3.05) is 20.3 Å². The summed E-state index contributed by atoms with van der Waals surface area (Å²) >= 11 is 0. The number of carbonyl (C=O) groups is 1. The van der Waals surface area contributed by atoms with E-state index >= 15 is 0 Å². The van der Waals surface area contributed by atoms with Gasteiger partial charge in [0.15, 0.2) is 0 Å². The summed E-state index contributed by atoms with van der Waals surface area (Å²) in [5, 5.41) is 3.13. The minimum Gasteiger partial charge on any atom is -0.383 e. The van der Waals surface area contributed by atoms with E-state index in [0.717, 1.165) is 6.07 Å². The van der Waals surface area contributed by atoms with E-state index in [9.17, 15) is 13.6 Å². The Morgan fingerprint density at radius 3 is 2.67 bits per heavy atom. The maximum atomic E-state index is 14.0. The zero-order chi connectivity index (χ0) is 15.6. The molecule has 1 aliphatic heterocycles. The standard InChI is InChI=1S/C15H20F2N2O2/c1-9(2)13-15(20)19(6-7-21-3)14(18-13)11-5-4-10(16)8-12(11)17/h4-5,8-9,13-14,18H,6-7H2,1-3H3. The number of carbonyl (C=O) groups excluding carboxylic acids is 1. The predicted molar refractivity (Wildman–Crippen MR) is 74.4 cm³/mol. The molecule has 0 spiro atoms. The summed E-state index contributed by atoms with van der Waals surface area (Å²) in [5.41, 5.74) is 0.268. The van der Waals surface area contributed by atoms with Gasteiger partial charge in [-0.15, -0.1) is 0 Å². The number of amides is 1. The fourth-order valence-corrected chi connectivity index (χ4v) is 2.52. The molecular formula is C15H20F2N2O2. The second kappa shape index (κ2) is 6.49. The molecule has 21 heavy (non-hydrogen) atoms. The Hall–Kier alpha value is -1.53. The Morgan fingerprint density at radius 1 is 1.38 bits per heavy atom. The first kappa shape index (κ1) is 15.9. The van der Waals surface area contributed by atoms with Crippen molar-refractivity contribution in [3.8, 4) is 0 Å². The van der Waals surface area contributed by atoms with E-state index < -0.39 is 17.8 Å². The number of nitrogens with one attached hydrogen (secondary N) is 1. The van der Waals surface area contributed by atoms with Gasteiger partial charge < -0.3 is 9.64 Å². The minimum atomic E-state index is -0.660. The van der Waals surface area contributed by atoms with E-state index in [4.69, 9.17) is 4.74 Å². The van der Waals surface area contributed by atoms with Crippen LogP contribution in [0.4, 0.5) is 8.78 Å². The molecule has 1 aliphatic rings. The quantitative estimate of drug-likeness (QED) is 0.905. The third-order valence-corrected chi connectivity index (χ3v) is 3.66. The van der Waals surface area contributed by atoms with Crippen LogP contribution in [0.5, 0.6) is 0 Å². The van der Waals surface area contributed by atoms with Gasteiger partial charge in [0, 0.05) is 25.3 Å². The number of benzene rings is 1. The third kappa shape index (κ3) is 3.22. The van der Waals surface area contributed by atoms with E-state index in [1.807, 2.05) is 13.8 Å². The van der Waals surface area contributed by atoms with Crippen molar-refractivity contribution in [1.82, 2.24) is 10.2 Å². The van der Waals surface area contributed by atoms with Gasteiger partial charge in [-0.3, -0.25) is 10.1 Å². The smallest absolute Gasteiger partial charge is 0.241 e. The number of halogens is 2. The van der Waals surface area contributed by atoms with Crippen LogP contribution in [0.1, 0.15) is 25.6 Å². The highest BCUT2D eigenvalue weighted by Gasteiger charge is 2.41. The summed E-state index contributed by atoms with van der Waals surface area (Å²) in [5.74, 6) is -1.30. The van der Waals surface area contributed by atoms with E-state index in [2.05, 4.69) is 5.32 Å². The molecule has 116 valence electrons. The topological polar surface area (TPSA) is 41.6 Å². The number of rotatable bonds is 5. The first-order valence-corrected chi connectivity index (χ1v) is 6.96. The molecule has 1 aromatic rings. The molecule has 2 atom stereocenters. The summed E-state index contributed by atoms with van der Waals surface area (Å²) < 4.78 is 32.1. The summed E-state index contributed by atoms with van der Waals surface area (Å²) in [7, 11) is 1.54. The monoisotopic (exact) mass is 298 g/mol. The summed E-state index contributed by atoms with van der Waals surface area (Å²) in [6.07, 6.45) is -0.597. The fraction of sp³-hybridized carbons (Fsp3) is 0.533. The molecule has 2 unspecified atom stereocenters. The van der Waals surface area contributed by atoms with Gasteiger partial charge in [0.2, 0.25) is 5.91 Å². The van der Waals surface area contributed by atoms with Gasteiger partial charge in [-0.25, -0.2) is 8.78 Å². The average molecular weight is 298 g/mol. The average Bonchev–Trinajstić information content (AvgIpc) is 2.74. The third-order valence-electron chi connectivity index (χ3n) is 3.66. The number of hydrogen-bond donors (Lipinski definition) is 1. The molecule has 1 heterocycles. The number of nitrogens with zero attached hydrogens (tertiary/aromatic N) is 1. The van der Waals surface area contributed by atoms with Crippen LogP contribution in [0.15, 0.2) is 18.2 Å². The van der Waals surface area contributed by atoms with Crippen LogP contribution in [0.2, 0.25) is 0 Å². The SMILES string of the molecule is COCCN1C(=O)C(C(C)C)NC1c1ccc(F)cc1F. The van der Waals surface area contributed by atoms with E-state index in [1.165, 1.54) is 12.1 Å². The second-order valence-electron chi connectivity index (χ2n) is 5.48. The highest BCUT2D eigenvalue weighted by molar-refractivity contribution is 5.84. The first-order valence-electron chi connectivity index (χ1n) is 6.96. The first-order chi connectivity index (χ1) is 9.95. The van der Waals surface area contributed by atoms with Crippen LogP contribution in [0, 0.1) is 17.6 Å². The molecular weight excluding hydrogens is 278 g/mol. The maximum absolute atomic E-state index is 14.0. The molecule has 0 radical (unpaired) electrons. The summed E-state index contributed by atoms with van der Waals surface area (Å²) in [6.45, 7) is 4.56. The van der Waals surface area contributed by atoms with Gasteiger partial charge in [0.1, 0.15) is 17.8 Å². The van der Waals surface area contributed by atoms with E-state index in [0.29, 0.717) is 13.2 Å². The Morgan fingerprint density at radius 2 is 2.10 bits per heavy atom. The van der Waals surface area contributed by atoms with Crippen molar-refractivity contribution in [2.45, 2.75) is 26.1 Å². The molecule has 6 heteroatoms. The van der Waals surface area contributed by atoms with Gasteiger partial charge in [-0.05, 0) is 18.1 Å². The van der Waals surface area contributed by atoms with Gasteiger partial charge in [0.25, 0.3) is 0 Å². The lowest BCUT2D eigenvalue weighted by atomic mass is 10.1. The van der Waals surface area contributed by atoms with Crippen LogP contribution in [-0.2, 0) is 9.53 Å². The lowest BCUT2D eigenvalue weighted by molar-refractivity contribution is -0.131. The molecule has 1 saturated heterocycles. The zero-order valence-electron chi connectivity index (χ0n) is 12.4. The molecule has 0 aromatic heterocycles.